The Kier molecular flexibility index (Phi) is 2.17. The minimum atomic E-state index is 0.758. The van der Waals surface area contributed by atoms with Crippen LogP contribution in [0.4, 0.5) is 0 Å². The second kappa shape index (κ2) is 3.65. The Bertz CT molecular complexity index is 792. The Labute approximate surface area is 120 Å². The van der Waals surface area contributed by atoms with Crippen molar-refractivity contribution in [2.45, 2.75) is 6.42 Å². The van der Waals surface area contributed by atoms with Crippen LogP contribution in [0, 0.1) is 0 Å². The van der Waals surface area contributed by atoms with Gasteiger partial charge in [0, 0.05) is 28.9 Å². The molecule has 0 atom stereocenters. The van der Waals surface area contributed by atoms with E-state index in [0.29, 0.717) is 0 Å². The van der Waals surface area contributed by atoms with Gasteiger partial charge >= 0.3 is 0 Å². The highest BCUT2D eigenvalue weighted by Gasteiger charge is 2.24. The summed E-state index contributed by atoms with van der Waals surface area (Å²) in [6, 6.07) is 6.35. The lowest BCUT2D eigenvalue weighted by Gasteiger charge is -2.00. The topological polar surface area (TPSA) is 30.2 Å². The fraction of sp³-hybridized carbons (Fsp3) is 0.0769. The monoisotopic (exact) mass is 363 g/mol. The van der Waals surface area contributed by atoms with Crippen molar-refractivity contribution in [3.05, 3.63) is 50.8 Å². The lowest BCUT2D eigenvalue weighted by molar-refractivity contribution is 1.01. The van der Waals surface area contributed by atoms with Crippen LogP contribution in [0.5, 0.6) is 0 Å². The zero-order chi connectivity index (χ0) is 12.3. The van der Waals surface area contributed by atoms with Crippen LogP contribution < -0.4 is 0 Å². The molecule has 0 unspecified atom stereocenters. The molecule has 0 radical (unpaired) electrons. The van der Waals surface area contributed by atoms with E-state index >= 15 is 0 Å². The molecule has 0 saturated heterocycles. The molecule has 18 heavy (non-hydrogen) atoms. The lowest BCUT2D eigenvalue weighted by atomic mass is 10.1. The Hall–Kier alpha value is -1.20. The Balaban J connectivity index is 2.06. The van der Waals surface area contributed by atoms with Gasteiger partial charge in [0.15, 0.2) is 0 Å². The van der Waals surface area contributed by atoms with E-state index in [0.717, 1.165) is 26.8 Å². The molecule has 3 aromatic rings. The first-order chi connectivity index (χ1) is 8.72. The minimum absolute atomic E-state index is 0.758. The van der Waals surface area contributed by atoms with Gasteiger partial charge in [-0.1, -0.05) is 22.0 Å². The number of fused-ring (bicyclic) bond motifs is 5. The van der Waals surface area contributed by atoms with Crippen LogP contribution in [0.15, 0.2) is 39.5 Å². The van der Waals surface area contributed by atoms with E-state index in [2.05, 4.69) is 64.4 Å². The van der Waals surface area contributed by atoms with E-state index < -0.39 is 0 Å². The molecule has 0 aliphatic heterocycles. The normalized spacial score (nSPS) is 12.8. The summed E-state index contributed by atoms with van der Waals surface area (Å²) in [5.74, 6) is 0.758. The van der Waals surface area contributed by atoms with Crippen molar-refractivity contribution in [2.24, 2.45) is 0 Å². The minimum Gasteiger partial charge on any atom is -0.286 e. The maximum atomic E-state index is 4.63. The zero-order valence-corrected chi connectivity index (χ0v) is 12.4. The van der Waals surface area contributed by atoms with Crippen molar-refractivity contribution >= 4 is 37.6 Å². The van der Waals surface area contributed by atoms with Crippen molar-refractivity contribution in [1.82, 2.24) is 14.4 Å². The number of nitrogens with zero attached hydrogens (tertiary/aromatic N) is 3. The Morgan fingerprint density at radius 1 is 1.17 bits per heavy atom. The third kappa shape index (κ3) is 1.40. The SMILES string of the molecule is Brc1ccc2c(c1)-c1nc3ncc(Br)cn3c1C2. The molecule has 0 saturated carbocycles. The molecule has 0 N–H and O–H groups in total. The second-order valence-electron chi connectivity index (χ2n) is 4.33. The van der Waals surface area contributed by atoms with Crippen LogP contribution >= 0.6 is 31.9 Å². The van der Waals surface area contributed by atoms with Gasteiger partial charge in [0.05, 0.1) is 15.9 Å². The highest BCUT2D eigenvalue weighted by Crippen LogP contribution is 2.37. The molecule has 3 nitrogen and oxygen atoms in total. The standard InChI is InChI=1S/C13H7Br2N3/c14-8-2-1-7-3-11-12(10(7)4-8)17-13-16-5-9(15)6-18(11)13/h1-2,4-6H,3H2. The van der Waals surface area contributed by atoms with Crippen LogP contribution in [0.25, 0.3) is 17.0 Å². The van der Waals surface area contributed by atoms with Gasteiger partial charge in [-0.25, -0.2) is 9.97 Å². The fourth-order valence-electron chi connectivity index (χ4n) is 2.44. The van der Waals surface area contributed by atoms with Crippen LogP contribution in [0.1, 0.15) is 11.3 Å². The molecular formula is C13H7Br2N3. The predicted molar refractivity (Wildman–Crippen MR) is 76.6 cm³/mol. The highest BCUT2D eigenvalue weighted by molar-refractivity contribution is 9.10. The van der Waals surface area contributed by atoms with Gasteiger partial charge in [0.25, 0.3) is 0 Å². The van der Waals surface area contributed by atoms with E-state index in [-0.39, 0.29) is 0 Å². The van der Waals surface area contributed by atoms with Crippen LogP contribution in [-0.2, 0) is 6.42 Å². The smallest absolute Gasteiger partial charge is 0.234 e. The van der Waals surface area contributed by atoms with Crippen molar-refractivity contribution in [1.29, 1.82) is 0 Å². The average Bonchev–Trinajstić information content (AvgIpc) is 2.86. The summed E-state index contributed by atoms with van der Waals surface area (Å²) < 4.78 is 4.11. The molecule has 0 amide bonds. The van der Waals surface area contributed by atoms with E-state index in [1.165, 1.54) is 16.8 Å². The van der Waals surface area contributed by atoms with Crippen molar-refractivity contribution in [2.75, 3.05) is 0 Å². The largest absolute Gasteiger partial charge is 0.286 e. The van der Waals surface area contributed by atoms with Gasteiger partial charge < -0.3 is 0 Å². The Morgan fingerprint density at radius 2 is 2.06 bits per heavy atom. The molecule has 2 aromatic heterocycles. The van der Waals surface area contributed by atoms with Gasteiger partial charge in [-0.05, 0) is 33.6 Å². The molecule has 2 heterocycles. The number of imidazole rings is 1. The maximum Gasteiger partial charge on any atom is 0.234 e. The summed E-state index contributed by atoms with van der Waals surface area (Å²) in [7, 11) is 0. The van der Waals surface area contributed by atoms with Crippen molar-refractivity contribution < 1.29 is 0 Å². The predicted octanol–water partition coefficient (Wildman–Crippen LogP) is 3.83. The number of halogens is 2. The lowest BCUT2D eigenvalue weighted by Crippen LogP contribution is -1.93. The summed E-state index contributed by atoms with van der Waals surface area (Å²) in [5.41, 5.74) is 4.80. The first-order valence-electron chi connectivity index (χ1n) is 5.53. The zero-order valence-electron chi connectivity index (χ0n) is 9.19. The molecule has 0 fully saturated rings. The van der Waals surface area contributed by atoms with Gasteiger partial charge in [-0.15, -0.1) is 0 Å². The molecule has 88 valence electrons. The fourth-order valence-corrected chi connectivity index (χ4v) is 3.11. The highest BCUT2D eigenvalue weighted by atomic mass is 79.9. The van der Waals surface area contributed by atoms with E-state index in [1.807, 2.05) is 6.20 Å². The molecule has 0 spiro atoms. The molecular weight excluding hydrogens is 358 g/mol. The molecule has 5 heteroatoms. The van der Waals surface area contributed by atoms with Crippen LogP contribution in [0.3, 0.4) is 0 Å². The number of hydrogen-bond donors (Lipinski definition) is 0. The van der Waals surface area contributed by atoms with Crippen LogP contribution in [0.2, 0.25) is 0 Å². The summed E-state index contributed by atoms with van der Waals surface area (Å²) in [4.78, 5) is 8.96. The van der Waals surface area contributed by atoms with Crippen molar-refractivity contribution in [3.63, 3.8) is 0 Å². The maximum absolute atomic E-state index is 4.63. The van der Waals surface area contributed by atoms with E-state index in [1.54, 1.807) is 6.20 Å². The van der Waals surface area contributed by atoms with Gasteiger partial charge in [0.1, 0.15) is 0 Å². The number of hydrogen-bond acceptors (Lipinski definition) is 2. The second-order valence-corrected chi connectivity index (χ2v) is 6.16. The summed E-state index contributed by atoms with van der Waals surface area (Å²) in [5, 5.41) is 0. The first kappa shape index (κ1) is 10.7. The van der Waals surface area contributed by atoms with E-state index in [4.69, 9.17) is 0 Å². The third-order valence-electron chi connectivity index (χ3n) is 3.23. The van der Waals surface area contributed by atoms with Crippen LogP contribution in [-0.4, -0.2) is 14.4 Å². The average molecular weight is 365 g/mol. The molecule has 4 rings (SSSR count). The summed E-state index contributed by atoms with van der Waals surface area (Å²) >= 11 is 6.97. The quantitative estimate of drug-likeness (QED) is 0.474. The summed E-state index contributed by atoms with van der Waals surface area (Å²) in [6.07, 6.45) is 4.71. The number of rotatable bonds is 0. The van der Waals surface area contributed by atoms with Gasteiger partial charge in [0.2, 0.25) is 5.78 Å². The van der Waals surface area contributed by atoms with Gasteiger partial charge in [-0.2, -0.15) is 0 Å². The molecule has 1 aliphatic carbocycles. The van der Waals surface area contributed by atoms with Crippen molar-refractivity contribution in [3.8, 4) is 11.3 Å². The van der Waals surface area contributed by atoms with E-state index in [9.17, 15) is 0 Å². The Morgan fingerprint density at radius 3 is 2.94 bits per heavy atom. The number of aromatic nitrogens is 3. The molecule has 1 aromatic carbocycles. The van der Waals surface area contributed by atoms with Gasteiger partial charge in [-0.3, -0.25) is 4.40 Å². The third-order valence-corrected chi connectivity index (χ3v) is 4.13. The molecule has 1 aliphatic rings. The first-order valence-corrected chi connectivity index (χ1v) is 7.12. The summed E-state index contributed by atoms with van der Waals surface area (Å²) in [6.45, 7) is 0. The number of benzene rings is 1. The molecule has 0 bridgehead atoms.